The number of nitrogens with one attached hydrogen (secondary N) is 1. The van der Waals surface area contributed by atoms with Crippen molar-refractivity contribution in [2.24, 2.45) is 5.92 Å². The predicted molar refractivity (Wildman–Crippen MR) is 76.4 cm³/mol. The zero-order valence-corrected chi connectivity index (χ0v) is 12.3. The van der Waals surface area contributed by atoms with E-state index in [0.717, 1.165) is 0 Å². The first-order valence-corrected chi connectivity index (χ1v) is 7.05. The molecule has 7 nitrogen and oxygen atoms in total. The lowest BCUT2D eigenvalue weighted by Gasteiger charge is -2.20. The van der Waals surface area contributed by atoms with E-state index in [1.54, 1.807) is 23.4 Å². The third-order valence-electron chi connectivity index (χ3n) is 3.31. The molecular formula is C14H20N4O3. The first kappa shape index (κ1) is 15.2. The van der Waals surface area contributed by atoms with Crippen LogP contribution in [0.15, 0.2) is 18.5 Å². The topological polar surface area (TPSA) is 84.4 Å². The Morgan fingerprint density at radius 3 is 2.81 bits per heavy atom. The molecule has 0 saturated carbocycles. The molecule has 0 aliphatic carbocycles. The van der Waals surface area contributed by atoms with Crippen LogP contribution in [0.2, 0.25) is 0 Å². The van der Waals surface area contributed by atoms with Crippen LogP contribution in [0, 0.1) is 5.92 Å². The molecule has 1 aromatic heterocycles. The zero-order valence-electron chi connectivity index (χ0n) is 12.3. The zero-order chi connectivity index (χ0) is 15.2. The lowest BCUT2D eigenvalue weighted by molar-refractivity contribution is -0.148. The van der Waals surface area contributed by atoms with E-state index in [4.69, 9.17) is 4.74 Å². The summed E-state index contributed by atoms with van der Waals surface area (Å²) in [7, 11) is 0. The van der Waals surface area contributed by atoms with Crippen molar-refractivity contribution >= 4 is 17.8 Å². The Morgan fingerprint density at radius 2 is 2.19 bits per heavy atom. The van der Waals surface area contributed by atoms with E-state index in [1.807, 2.05) is 13.8 Å². The van der Waals surface area contributed by atoms with Crippen molar-refractivity contribution in [2.45, 2.75) is 26.3 Å². The lowest BCUT2D eigenvalue weighted by Crippen LogP contribution is -2.33. The quantitative estimate of drug-likeness (QED) is 0.613. The molecule has 1 aromatic rings. The number of hydrogen-bond donors (Lipinski definition) is 1. The van der Waals surface area contributed by atoms with E-state index in [9.17, 15) is 9.59 Å². The normalized spacial score (nSPS) is 18.1. The highest BCUT2D eigenvalue weighted by atomic mass is 16.5. The fraction of sp³-hybridized carbons (Fsp3) is 0.571. The first-order valence-electron chi connectivity index (χ1n) is 7.05. The Labute approximate surface area is 123 Å². The molecule has 2 rings (SSSR count). The molecule has 0 spiro atoms. The molecule has 1 amide bonds. The molecule has 0 aromatic carbocycles. The van der Waals surface area contributed by atoms with E-state index in [0.29, 0.717) is 19.0 Å². The fourth-order valence-electron chi connectivity index (χ4n) is 2.21. The van der Waals surface area contributed by atoms with Crippen LogP contribution in [0.3, 0.4) is 0 Å². The summed E-state index contributed by atoms with van der Waals surface area (Å²) in [6.07, 6.45) is 3.50. The van der Waals surface area contributed by atoms with E-state index < -0.39 is 0 Å². The number of aromatic nitrogens is 2. The minimum Gasteiger partial charge on any atom is -0.464 e. The van der Waals surface area contributed by atoms with Gasteiger partial charge in [0, 0.05) is 31.4 Å². The van der Waals surface area contributed by atoms with Crippen molar-refractivity contribution in [3.63, 3.8) is 0 Å². The van der Waals surface area contributed by atoms with Crippen LogP contribution in [0.1, 0.15) is 20.3 Å². The number of likely N-dealkylation sites (tertiary alicyclic amines) is 1. The second kappa shape index (κ2) is 7.01. The van der Waals surface area contributed by atoms with Gasteiger partial charge in [0.1, 0.15) is 6.61 Å². The molecule has 114 valence electrons. The summed E-state index contributed by atoms with van der Waals surface area (Å²) in [5.74, 6) is -0.159. The molecule has 0 radical (unpaired) electrons. The number of carbonyl (C=O) groups excluding carboxylic acids is 2. The van der Waals surface area contributed by atoms with Crippen molar-refractivity contribution in [3.8, 4) is 0 Å². The van der Waals surface area contributed by atoms with Gasteiger partial charge in [0.05, 0.1) is 12.5 Å². The van der Waals surface area contributed by atoms with Gasteiger partial charge in [-0.2, -0.15) is 0 Å². The average molecular weight is 292 g/mol. The van der Waals surface area contributed by atoms with Gasteiger partial charge in [-0.1, -0.05) is 0 Å². The van der Waals surface area contributed by atoms with Crippen LogP contribution in [0.5, 0.6) is 0 Å². The minimum atomic E-state index is -0.354. The molecule has 2 heterocycles. The van der Waals surface area contributed by atoms with Gasteiger partial charge in [0.25, 0.3) is 0 Å². The monoisotopic (exact) mass is 292 g/mol. The molecule has 1 saturated heterocycles. The van der Waals surface area contributed by atoms with Gasteiger partial charge in [-0.25, -0.2) is 9.97 Å². The van der Waals surface area contributed by atoms with Gasteiger partial charge in [-0.15, -0.1) is 0 Å². The van der Waals surface area contributed by atoms with Gasteiger partial charge in [-0.3, -0.25) is 9.59 Å². The molecule has 1 N–H and O–H groups in total. The molecule has 1 aliphatic heterocycles. The van der Waals surface area contributed by atoms with Crippen molar-refractivity contribution in [1.82, 2.24) is 14.9 Å². The van der Waals surface area contributed by atoms with E-state index in [1.165, 1.54) is 0 Å². The highest BCUT2D eigenvalue weighted by Gasteiger charge is 2.36. The second-order valence-electron chi connectivity index (χ2n) is 5.21. The number of amides is 1. The molecule has 1 atom stereocenters. The Balaban J connectivity index is 1.70. The summed E-state index contributed by atoms with van der Waals surface area (Å²) in [6, 6.07) is 1.84. The highest BCUT2D eigenvalue weighted by molar-refractivity contribution is 5.87. The van der Waals surface area contributed by atoms with Crippen LogP contribution in [0.4, 0.5) is 5.95 Å². The van der Waals surface area contributed by atoms with Crippen LogP contribution in [-0.2, 0) is 14.3 Å². The summed E-state index contributed by atoms with van der Waals surface area (Å²) in [5, 5.41) is 2.95. The lowest BCUT2D eigenvalue weighted by atomic mass is 10.1. The number of ether oxygens (including phenoxy) is 1. The number of hydrogen-bond acceptors (Lipinski definition) is 6. The molecule has 21 heavy (non-hydrogen) atoms. The standard InChI is InChI=1S/C14H20N4O3/c1-10(2)18-9-11(8-12(18)19)13(20)21-7-6-17-14-15-4-3-5-16-14/h3-5,10-11H,6-9H2,1-2H3,(H,15,16,17)/t11-/m1/s1. The van der Waals surface area contributed by atoms with Crippen LogP contribution >= 0.6 is 0 Å². The molecule has 1 aliphatic rings. The first-order chi connectivity index (χ1) is 10.1. The second-order valence-corrected chi connectivity index (χ2v) is 5.21. The number of nitrogens with zero attached hydrogens (tertiary/aromatic N) is 3. The summed E-state index contributed by atoms with van der Waals surface area (Å²) in [4.78, 5) is 33.4. The minimum absolute atomic E-state index is 0.0164. The third kappa shape index (κ3) is 4.14. The number of carbonyl (C=O) groups is 2. The predicted octanol–water partition coefficient (Wildman–Crippen LogP) is 0.689. The summed E-state index contributed by atoms with van der Waals surface area (Å²) in [5.41, 5.74) is 0. The van der Waals surface area contributed by atoms with Crippen molar-refractivity contribution in [1.29, 1.82) is 0 Å². The maximum absolute atomic E-state index is 11.9. The number of rotatable bonds is 6. The Kier molecular flexibility index (Phi) is 5.08. The molecule has 0 unspecified atom stereocenters. The summed E-state index contributed by atoms with van der Waals surface area (Å²) >= 11 is 0. The van der Waals surface area contributed by atoms with E-state index >= 15 is 0 Å². The van der Waals surface area contributed by atoms with Crippen LogP contribution in [-0.4, -0.2) is 52.5 Å². The molecule has 0 bridgehead atoms. The Morgan fingerprint density at radius 1 is 1.48 bits per heavy atom. The molecular weight excluding hydrogens is 272 g/mol. The highest BCUT2D eigenvalue weighted by Crippen LogP contribution is 2.21. The van der Waals surface area contributed by atoms with Crippen LogP contribution < -0.4 is 5.32 Å². The number of esters is 1. The largest absolute Gasteiger partial charge is 0.464 e. The van der Waals surface area contributed by atoms with Gasteiger partial charge in [0.15, 0.2) is 0 Å². The van der Waals surface area contributed by atoms with Gasteiger partial charge >= 0.3 is 5.97 Å². The Bertz CT molecular complexity index is 492. The maximum atomic E-state index is 11.9. The van der Waals surface area contributed by atoms with Gasteiger partial charge in [-0.05, 0) is 19.9 Å². The average Bonchev–Trinajstić information content (AvgIpc) is 2.87. The summed E-state index contributed by atoms with van der Waals surface area (Å²) in [6.45, 7) is 4.99. The molecule has 7 heteroatoms. The summed E-state index contributed by atoms with van der Waals surface area (Å²) < 4.78 is 5.19. The number of anilines is 1. The van der Waals surface area contributed by atoms with Crippen molar-refractivity contribution < 1.29 is 14.3 Å². The van der Waals surface area contributed by atoms with Crippen molar-refractivity contribution in [3.05, 3.63) is 18.5 Å². The van der Waals surface area contributed by atoms with E-state index in [-0.39, 0.29) is 36.9 Å². The maximum Gasteiger partial charge on any atom is 0.311 e. The molecule has 1 fully saturated rings. The van der Waals surface area contributed by atoms with E-state index in [2.05, 4.69) is 15.3 Å². The third-order valence-corrected chi connectivity index (χ3v) is 3.31. The van der Waals surface area contributed by atoms with Gasteiger partial charge < -0.3 is 15.0 Å². The Hall–Kier alpha value is -2.18. The van der Waals surface area contributed by atoms with Crippen molar-refractivity contribution in [2.75, 3.05) is 25.0 Å². The smallest absolute Gasteiger partial charge is 0.311 e. The van der Waals surface area contributed by atoms with Crippen LogP contribution in [0.25, 0.3) is 0 Å². The van der Waals surface area contributed by atoms with Gasteiger partial charge in [0.2, 0.25) is 11.9 Å². The fourth-order valence-corrected chi connectivity index (χ4v) is 2.21. The SMILES string of the molecule is CC(C)N1C[C@H](C(=O)OCCNc2ncccn2)CC1=O.